The van der Waals surface area contributed by atoms with Gasteiger partial charge in [-0.2, -0.15) is 0 Å². The van der Waals surface area contributed by atoms with Gasteiger partial charge in [0.25, 0.3) is 0 Å². The van der Waals surface area contributed by atoms with Gasteiger partial charge in [-0.25, -0.2) is 4.39 Å². The van der Waals surface area contributed by atoms with Crippen molar-refractivity contribution in [1.82, 2.24) is 10.2 Å². The Hall–Kier alpha value is -0.190. The number of ether oxygens (including phenoxy) is 1. The molecule has 0 aromatic carbocycles. The molecule has 2 rings (SSSR count). The predicted molar refractivity (Wildman–Crippen MR) is 67.0 cm³/mol. The van der Waals surface area contributed by atoms with Gasteiger partial charge in [-0.05, 0) is 40.7 Å². The lowest BCUT2D eigenvalue weighted by Gasteiger charge is -2.51. The normalized spacial score (nSPS) is 37.9. The minimum absolute atomic E-state index is 0.0544. The van der Waals surface area contributed by atoms with E-state index in [0.29, 0.717) is 6.54 Å². The molecule has 0 aromatic heterocycles. The van der Waals surface area contributed by atoms with E-state index in [1.165, 1.54) is 0 Å². The number of halogens is 1. The molecule has 0 amide bonds. The van der Waals surface area contributed by atoms with Crippen LogP contribution < -0.4 is 5.32 Å². The van der Waals surface area contributed by atoms with Crippen LogP contribution in [0.25, 0.3) is 0 Å². The number of nitrogens with zero attached hydrogens (tertiary/aromatic N) is 1. The first-order chi connectivity index (χ1) is 7.79. The maximum Gasteiger partial charge on any atom is 0.128 e. The fraction of sp³-hybridized carbons (Fsp3) is 1.00. The number of piperidine rings is 1. The predicted octanol–water partition coefficient (Wildman–Crippen LogP) is 1.58. The van der Waals surface area contributed by atoms with Crippen LogP contribution in [0.4, 0.5) is 4.39 Å². The van der Waals surface area contributed by atoms with Crippen molar-refractivity contribution in [3.8, 4) is 0 Å². The Bertz CT molecular complexity index is 265. The lowest BCUT2D eigenvalue weighted by molar-refractivity contribution is -0.192. The van der Waals surface area contributed by atoms with Crippen LogP contribution in [0.15, 0.2) is 0 Å². The highest BCUT2D eigenvalue weighted by Crippen LogP contribution is 2.31. The summed E-state index contributed by atoms with van der Waals surface area (Å²) in [7, 11) is 0. The Kier molecular flexibility index (Phi) is 3.49. The van der Waals surface area contributed by atoms with Crippen LogP contribution in [0, 0.1) is 0 Å². The summed E-state index contributed by atoms with van der Waals surface area (Å²) in [6.07, 6.45) is 0.140. The largest absolute Gasteiger partial charge is 0.367 e. The number of hydrogen-bond acceptors (Lipinski definition) is 3. The molecule has 1 N–H and O–H groups in total. The van der Waals surface area contributed by atoms with Crippen LogP contribution >= 0.6 is 0 Å². The summed E-state index contributed by atoms with van der Waals surface area (Å²) < 4.78 is 20.0. The molecule has 2 aliphatic rings. The van der Waals surface area contributed by atoms with E-state index in [4.69, 9.17) is 4.74 Å². The van der Waals surface area contributed by atoms with Crippen molar-refractivity contribution in [2.24, 2.45) is 0 Å². The molecule has 100 valence electrons. The zero-order valence-electron chi connectivity index (χ0n) is 11.4. The quantitative estimate of drug-likeness (QED) is 0.758. The van der Waals surface area contributed by atoms with Crippen molar-refractivity contribution in [2.75, 3.05) is 26.2 Å². The molecule has 0 aliphatic carbocycles. The molecule has 4 heteroatoms. The molecule has 2 unspecified atom stereocenters. The van der Waals surface area contributed by atoms with Crippen LogP contribution in [0.2, 0.25) is 0 Å². The molecule has 2 atom stereocenters. The fourth-order valence-electron chi connectivity index (χ4n) is 3.30. The Labute approximate surface area is 104 Å². The second-order valence-electron chi connectivity index (χ2n) is 6.60. The molecule has 17 heavy (non-hydrogen) atoms. The van der Waals surface area contributed by atoms with Crippen LogP contribution in [-0.2, 0) is 4.74 Å². The molecule has 0 bridgehead atoms. The highest BCUT2D eigenvalue weighted by atomic mass is 19.1. The summed E-state index contributed by atoms with van der Waals surface area (Å²) in [5, 5.41) is 3.11. The molecule has 0 spiro atoms. The van der Waals surface area contributed by atoms with E-state index < -0.39 is 6.17 Å². The molecule has 0 radical (unpaired) electrons. The summed E-state index contributed by atoms with van der Waals surface area (Å²) in [5.74, 6) is 0. The fourth-order valence-corrected chi connectivity index (χ4v) is 3.30. The molecule has 2 fully saturated rings. The zero-order valence-corrected chi connectivity index (χ0v) is 11.4. The number of alkyl halides is 1. The summed E-state index contributed by atoms with van der Waals surface area (Å²) in [6, 6.07) is 0.0544. The summed E-state index contributed by atoms with van der Waals surface area (Å²) in [6.45, 7) is 11.4. The van der Waals surface area contributed by atoms with Gasteiger partial charge in [0.2, 0.25) is 0 Å². The van der Waals surface area contributed by atoms with Crippen molar-refractivity contribution >= 4 is 0 Å². The molecular formula is C13H25FN2O. The standard InChI is InChI=1S/C13H25FN2O/c1-12(2)8-16(9-13(3,4)17-12)11-5-6-15-7-10(11)14/h10-11,15H,5-9H2,1-4H3. The molecule has 0 aromatic rings. The van der Waals surface area contributed by atoms with Crippen LogP contribution in [-0.4, -0.2) is 54.5 Å². The van der Waals surface area contributed by atoms with E-state index in [1.54, 1.807) is 0 Å². The minimum atomic E-state index is -0.756. The minimum Gasteiger partial charge on any atom is -0.367 e. The van der Waals surface area contributed by atoms with Crippen molar-refractivity contribution in [2.45, 2.75) is 57.5 Å². The second-order valence-corrected chi connectivity index (χ2v) is 6.60. The lowest BCUT2D eigenvalue weighted by Crippen LogP contribution is -2.63. The Balaban J connectivity index is 2.09. The number of hydrogen-bond donors (Lipinski definition) is 1. The van der Waals surface area contributed by atoms with Gasteiger partial charge in [0.15, 0.2) is 0 Å². The van der Waals surface area contributed by atoms with Gasteiger partial charge in [-0.15, -0.1) is 0 Å². The number of rotatable bonds is 1. The van der Waals surface area contributed by atoms with Gasteiger partial charge in [-0.1, -0.05) is 0 Å². The lowest BCUT2D eigenvalue weighted by atomic mass is 9.94. The molecule has 2 aliphatic heterocycles. The summed E-state index contributed by atoms with van der Waals surface area (Å²) in [4.78, 5) is 2.29. The van der Waals surface area contributed by atoms with Gasteiger partial charge in [-0.3, -0.25) is 4.90 Å². The van der Waals surface area contributed by atoms with Gasteiger partial charge in [0.05, 0.1) is 11.2 Å². The third-order valence-electron chi connectivity index (χ3n) is 3.56. The third-order valence-corrected chi connectivity index (χ3v) is 3.56. The Morgan fingerprint density at radius 3 is 2.29 bits per heavy atom. The second kappa shape index (κ2) is 4.48. The van der Waals surface area contributed by atoms with Crippen molar-refractivity contribution < 1.29 is 9.13 Å². The highest BCUT2D eigenvalue weighted by Gasteiger charge is 2.42. The Morgan fingerprint density at radius 2 is 1.76 bits per heavy atom. The average Bonchev–Trinajstić information content (AvgIpc) is 2.13. The van der Waals surface area contributed by atoms with Crippen LogP contribution in [0.3, 0.4) is 0 Å². The SMILES string of the molecule is CC1(C)CN(C2CCNCC2F)CC(C)(C)O1. The summed E-state index contributed by atoms with van der Waals surface area (Å²) >= 11 is 0. The zero-order chi connectivity index (χ0) is 12.7. The number of morpholine rings is 1. The van der Waals surface area contributed by atoms with E-state index in [9.17, 15) is 4.39 Å². The van der Waals surface area contributed by atoms with Crippen molar-refractivity contribution in [1.29, 1.82) is 0 Å². The van der Waals surface area contributed by atoms with Crippen LogP contribution in [0.1, 0.15) is 34.1 Å². The third kappa shape index (κ3) is 3.18. The monoisotopic (exact) mass is 244 g/mol. The van der Waals surface area contributed by atoms with Gasteiger partial charge in [0.1, 0.15) is 6.17 Å². The van der Waals surface area contributed by atoms with Crippen LogP contribution in [0.5, 0.6) is 0 Å². The first-order valence-electron chi connectivity index (χ1n) is 6.58. The Morgan fingerprint density at radius 1 is 1.18 bits per heavy atom. The summed E-state index contributed by atoms with van der Waals surface area (Å²) in [5.41, 5.74) is -0.376. The first kappa shape index (κ1) is 13.2. The van der Waals surface area contributed by atoms with E-state index in [2.05, 4.69) is 37.9 Å². The maximum atomic E-state index is 14.0. The highest BCUT2D eigenvalue weighted by molar-refractivity contribution is 4.95. The van der Waals surface area contributed by atoms with Gasteiger partial charge in [0, 0.05) is 25.7 Å². The molecular weight excluding hydrogens is 219 g/mol. The molecule has 2 heterocycles. The topological polar surface area (TPSA) is 24.5 Å². The van der Waals surface area contributed by atoms with Crippen molar-refractivity contribution in [3.63, 3.8) is 0 Å². The van der Waals surface area contributed by atoms with E-state index >= 15 is 0 Å². The molecule has 3 nitrogen and oxygen atoms in total. The van der Waals surface area contributed by atoms with E-state index in [-0.39, 0.29) is 17.2 Å². The smallest absolute Gasteiger partial charge is 0.128 e. The van der Waals surface area contributed by atoms with E-state index in [1.807, 2.05) is 0 Å². The number of nitrogens with one attached hydrogen (secondary N) is 1. The average molecular weight is 244 g/mol. The van der Waals surface area contributed by atoms with E-state index in [0.717, 1.165) is 26.1 Å². The van der Waals surface area contributed by atoms with Gasteiger partial charge >= 0.3 is 0 Å². The van der Waals surface area contributed by atoms with Gasteiger partial charge < -0.3 is 10.1 Å². The maximum absolute atomic E-state index is 14.0. The first-order valence-corrected chi connectivity index (χ1v) is 6.58. The molecule has 0 saturated carbocycles. The van der Waals surface area contributed by atoms with Crippen molar-refractivity contribution in [3.05, 3.63) is 0 Å². The molecule has 2 saturated heterocycles.